The molecule has 0 saturated carbocycles. The second-order valence-corrected chi connectivity index (χ2v) is 6.69. The summed E-state index contributed by atoms with van der Waals surface area (Å²) in [4.78, 5) is 23.9. The first-order chi connectivity index (χ1) is 13.4. The van der Waals surface area contributed by atoms with Crippen LogP contribution in [0.25, 0.3) is 11.0 Å². The molecule has 3 rings (SSSR count). The standard InChI is InChI=1S/C22H23NO5/c1-14-8-9-18(15(2)10-14)26-13-22(25)27-12-21(24)23-16(3)20-11-17-6-4-5-7-19(17)28-20/h4-11,16H,12-13H2,1-3H3,(H,23,24)/t16-/m1/s1. The Balaban J connectivity index is 1.44. The Labute approximate surface area is 163 Å². The highest BCUT2D eigenvalue weighted by Crippen LogP contribution is 2.23. The van der Waals surface area contributed by atoms with Crippen molar-refractivity contribution in [2.24, 2.45) is 0 Å². The summed E-state index contributed by atoms with van der Waals surface area (Å²) in [7, 11) is 0. The van der Waals surface area contributed by atoms with E-state index >= 15 is 0 Å². The lowest BCUT2D eigenvalue weighted by molar-refractivity contribution is -0.150. The maximum Gasteiger partial charge on any atom is 0.344 e. The Morgan fingerprint density at radius 3 is 2.61 bits per heavy atom. The smallest absolute Gasteiger partial charge is 0.344 e. The van der Waals surface area contributed by atoms with Gasteiger partial charge >= 0.3 is 5.97 Å². The summed E-state index contributed by atoms with van der Waals surface area (Å²) in [6.07, 6.45) is 0. The Morgan fingerprint density at radius 2 is 1.86 bits per heavy atom. The van der Waals surface area contributed by atoms with E-state index in [4.69, 9.17) is 13.9 Å². The molecule has 0 saturated heterocycles. The molecule has 146 valence electrons. The van der Waals surface area contributed by atoms with Gasteiger partial charge < -0.3 is 19.2 Å². The molecular weight excluding hydrogens is 358 g/mol. The third kappa shape index (κ3) is 4.91. The van der Waals surface area contributed by atoms with Crippen LogP contribution < -0.4 is 10.1 Å². The average Bonchev–Trinajstić information content (AvgIpc) is 3.10. The summed E-state index contributed by atoms with van der Waals surface area (Å²) in [5.41, 5.74) is 2.81. The van der Waals surface area contributed by atoms with Gasteiger partial charge in [-0.1, -0.05) is 35.9 Å². The van der Waals surface area contributed by atoms with E-state index in [2.05, 4.69) is 5.32 Å². The van der Waals surface area contributed by atoms with E-state index in [0.29, 0.717) is 11.5 Å². The van der Waals surface area contributed by atoms with E-state index in [1.165, 1.54) is 0 Å². The van der Waals surface area contributed by atoms with Gasteiger partial charge in [-0.2, -0.15) is 0 Å². The minimum absolute atomic E-state index is 0.254. The Bertz CT molecular complexity index is 959. The van der Waals surface area contributed by atoms with Gasteiger partial charge in [0.2, 0.25) is 0 Å². The van der Waals surface area contributed by atoms with Gasteiger partial charge in [-0.3, -0.25) is 4.79 Å². The molecule has 28 heavy (non-hydrogen) atoms. The summed E-state index contributed by atoms with van der Waals surface area (Å²) in [6.45, 7) is 5.06. The van der Waals surface area contributed by atoms with Gasteiger partial charge in [0.1, 0.15) is 17.1 Å². The molecule has 0 aliphatic heterocycles. The molecule has 1 aromatic heterocycles. The van der Waals surface area contributed by atoms with Crippen LogP contribution in [0.1, 0.15) is 29.9 Å². The van der Waals surface area contributed by atoms with Gasteiger partial charge in [-0.15, -0.1) is 0 Å². The number of carbonyl (C=O) groups is 2. The first-order valence-corrected chi connectivity index (χ1v) is 9.06. The van der Waals surface area contributed by atoms with Crippen molar-refractivity contribution in [1.29, 1.82) is 0 Å². The highest BCUT2D eigenvalue weighted by atomic mass is 16.6. The molecule has 0 unspecified atom stereocenters. The molecule has 0 aliphatic rings. The number of furan rings is 1. The van der Waals surface area contributed by atoms with Crippen molar-refractivity contribution in [2.45, 2.75) is 26.8 Å². The maximum absolute atomic E-state index is 12.0. The molecule has 2 aromatic carbocycles. The zero-order chi connectivity index (χ0) is 20.1. The summed E-state index contributed by atoms with van der Waals surface area (Å²) in [6, 6.07) is 14.8. The quantitative estimate of drug-likeness (QED) is 0.629. The number of hydrogen-bond acceptors (Lipinski definition) is 5. The summed E-state index contributed by atoms with van der Waals surface area (Å²) in [5.74, 6) is 0.240. The van der Waals surface area contributed by atoms with Gasteiger partial charge in [0.15, 0.2) is 13.2 Å². The van der Waals surface area contributed by atoms with Crippen LogP contribution in [-0.2, 0) is 14.3 Å². The van der Waals surface area contributed by atoms with Crippen LogP contribution in [0.15, 0.2) is 52.9 Å². The second kappa shape index (κ2) is 8.61. The minimum atomic E-state index is -0.605. The van der Waals surface area contributed by atoms with Crippen LogP contribution in [0.5, 0.6) is 5.75 Å². The molecule has 6 heteroatoms. The average molecular weight is 381 g/mol. The Hall–Kier alpha value is -3.28. The fraction of sp³-hybridized carbons (Fsp3) is 0.273. The van der Waals surface area contributed by atoms with Gasteiger partial charge in [0.25, 0.3) is 5.91 Å². The third-order valence-electron chi connectivity index (χ3n) is 4.29. The zero-order valence-corrected chi connectivity index (χ0v) is 16.2. The van der Waals surface area contributed by atoms with Crippen molar-refractivity contribution in [3.63, 3.8) is 0 Å². The molecule has 3 aromatic rings. The van der Waals surface area contributed by atoms with Crippen molar-refractivity contribution in [1.82, 2.24) is 5.32 Å². The molecule has 1 heterocycles. The number of amides is 1. The Morgan fingerprint density at radius 1 is 1.07 bits per heavy atom. The number of nitrogens with one attached hydrogen (secondary N) is 1. The number of aryl methyl sites for hydroxylation is 2. The third-order valence-corrected chi connectivity index (χ3v) is 4.29. The summed E-state index contributed by atoms with van der Waals surface area (Å²) >= 11 is 0. The fourth-order valence-corrected chi connectivity index (χ4v) is 2.86. The lowest BCUT2D eigenvalue weighted by Crippen LogP contribution is -2.31. The molecule has 0 aliphatic carbocycles. The molecule has 1 N–H and O–H groups in total. The fourth-order valence-electron chi connectivity index (χ4n) is 2.86. The highest BCUT2D eigenvalue weighted by molar-refractivity contribution is 5.82. The van der Waals surface area contributed by atoms with Crippen LogP contribution in [0, 0.1) is 13.8 Å². The topological polar surface area (TPSA) is 77.8 Å². The molecule has 6 nitrogen and oxygen atoms in total. The van der Waals surface area contributed by atoms with E-state index in [-0.39, 0.29) is 19.3 Å². The molecule has 0 fully saturated rings. The first-order valence-electron chi connectivity index (χ1n) is 9.06. The highest BCUT2D eigenvalue weighted by Gasteiger charge is 2.16. The predicted octanol–water partition coefficient (Wildman–Crippen LogP) is 3.85. The second-order valence-electron chi connectivity index (χ2n) is 6.69. The Kier molecular flexibility index (Phi) is 5.99. The maximum atomic E-state index is 12.0. The summed E-state index contributed by atoms with van der Waals surface area (Å²) in [5, 5.41) is 3.72. The van der Waals surface area contributed by atoms with Crippen molar-refractivity contribution in [3.05, 3.63) is 65.4 Å². The van der Waals surface area contributed by atoms with E-state index in [0.717, 1.165) is 22.1 Å². The van der Waals surface area contributed by atoms with Gasteiger partial charge in [-0.05, 0) is 44.5 Å². The number of carbonyl (C=O) groups excluding carboxylic acids is 2. The van der Waals surface area contributed by atoms with E-state index in [9.17, 15) is 9.59 Å². The van der Waals surface area contributed by atoms with E-state index in [1.54, 1.807) is 13.0 Å². The number of benzene rings is 2. The SMILES string of the molecule is Cc1ccc(OCC(=O)OCC(=O)N[C@H](C)c2cc3ccccc3o2)c(C)c1. The van der Waals surface area contributed by atoms with Crippen molar-refractivity contribution in [3.8, 4) is 5.75 Å². The largest absolute Gasteiger partial charge is 0.482 e. The van der Waals surface area contributed by atoms with Crippen molar-refractivity contribution < 1.29 is 23.5 Å². The molecule has 1 atom stereocenters. The summed E-state index contributed by atoms with van der Waals surface area (Å²) < 4.78 is 16.1. The molecular formula is C22H23NO5. The number of fused-ring (bicyclic) bond motifs is 1. The number of hydrogen-bond donors (Lipinski definition) is 1. The number of ether oxygens (including phenoxy) is 2. The van der Waals surface area contributed by atoms with Crippen LogP contribution in [0.3, 0.4) is 0 Å². The molecule has 0 spiro atoms. The lowest BCUT2D eigenvalue weighted by atomic mass is 10.1. The van der Waals surface area contributed by atoms with Crippen LogP contribution in [0.2, 0.25) is 0 Å². The van der Waals surface area contributed by atoms with Crippen LogP contribution in [0.4, 0.5) is 0 Å². The van der Waals surface area contributed by atoms with Crippen molar-refractivity contribution in [2.75, 3.05) is 13.2 Å². The van der Waals surface area contributed by atoms with Gasteiger partial charge in [0, 0.05) is 5.39 Å². The van der Waals surface area contributed by atoms with E-state index in [1.807, 2.05) is 56.3 Å². The van der Waals surface area contributed by atoms with E-state index < -0.39 is 11.9 Å². The van der Waals surface area contributed by atoms with Gasteiger partial charge in [0.05, 0.1) is 6.04 Å². The first kappa shape index (κ1) is 19.5. The zero-order valence-electron chi connectivity index (χ0n) is 16.2. The van der Waals surface area contributed by atoms with Gasteiger partial charge in [-0.25, -0.2) is 4.79 Å². The monoisotopic (exact) mass is 381 g/mol. The number of rotatable bonds is 7. The molecule has 1 amide bonds. The normalized spacial score (nSPS) is 11.8. The van der Waals surface area contributed by atoms with Crippen LogP contribution in [-0.4, -0.2) is 25.1 Å². The van der Waals surface area contributed by atoms with Crippen LogP contribution >= 0.6 is 0 Å². The predicted molar refractivity (Wildman–Crippen MR) is 105 cm³/mol. The molecule has 0 bridgehead atoms. The number of para-hydroxylation sites is 1. The lowest BCUT2D eigenvalue weighted by Gasteiger charge is -2.12. The number of esters is 1. The van der Waals surface area contributed by atoms with Crippen molar-refractivity contribution >= 4 is 22.8 Å². The minimum Gasteiger partial charge on any atom is -0.482 e. The molecule has 0 radical (unpaired) electrons.